The maximum absolute atomic E-state index is 10.9. The summed E-state index contributed by atoms with van der Waals surface area (Å²) in [6.45, 7) is 0. The van der Waals surface area contributed by atoms with Gasteiger partial charge in [-0.3, -0.25) is 0 Å². The Hall–Kier alpha value is -2.80. The van der Waals surface area contributed by atoms with Crippen LogP contribution in [0.5, 0.6) is 0 Å². The molecule has 8 heteroatoms. The summed E-state index contributed by atoms with van der Waals surface area (Å²) >= 11 is 6.09. The first kappa shape index (κ1) is 15.7. The molecule has 0 N–H and O–H groups in total. The SMILES string of the molecule is O=[N+]([O-])c1ccn(-c2nc(-c3cccc(Cl)c3)nc3c2CCCC3)n1. The Morgan fingerprint density at radius 3 is 2.76 bits per heavy atom. The second-order valence-electron chi connectivity index (χ2n) is 5.89. The third-order valence-electron chi connectivity index (χ3n) is 4.22. The summed E-state index contributed by atoms with van der Waals surface area (Å²) in [5, 5.41) is 15.6. The molecule has 1 aliphatic carbocycles. The van der Waals surface area contributed by atoms with Gasteiger partial charge >= 0.3 is 5.82 Å². The summed E-state index contributed by atoms with van der Waals surface area (Å²) < 4.78 is 1.47. The summed E-state index contributed by atoms with van der Waals surface area (Å²) in [6, 6.07) is 8.71. The van der Waals surface area contributed by atoms with Crippen molar-refractivity contribution >= 4 is 17.4 Å². The number of aromatic nitrogens is 4. The van der Waals surface area contributed by atoms with Crippen LogP contribution in [0.2, 0.25) is 5.02 Å². The Bertz CT molecular complexity index is 969. The first-order valence-corrected chi connectivity index (χ1v) is 8.36. The predicted octanol–water partition coefficient (Wildman–Crippen LogP) is 3.77. The van der Waals surface area contributed by atoms with Crippen molar-refractivity contribution in [2.45, 2.75) is 25.7 Å². The van der Waals surface area contributed by atoms with Crippen LogP contribution in [0.4, 0.5) is 5.82 Å². The number of fused-ring (bicyclic) bond motifs is 1. The average Bonchev–Trinajstić information content (AvgIpc) is 3.11. The smallest absolute Gasteiger partial charge is 0.358 e. The van der Waals surface area contributed by atoms with E-state index >= 15 is 0 Å². The van der Waals surface area contributed by atoms with Crippen molar-refractivity contribution in [1.82, 2.24) is 19.7 Å². The van der Waals surface area contributed by atoms with Gasteiger partial charge in [-0.15, -0.1) is 4.68 Å². The fourth-order valence-electron chi connectivity index (χ4n) is 3.05. The lowest BCUT2D eigenvalue weighted by atomic mass is 9.96. The molecule has 0 amide bonds. The molecule has 1 aromatic carbocycles. The summed E-state index contributed by atoms with van der Waals surface area (Å²) in [4.78, 5) is 19.8. The fraction of sp³-hybridized carbons (Fsp3) is 0.235. The van der Waals surface area contributed by atoms with Gasteiger partial charge in [0.1, 0.15) is 0 Å². The Morgan fingerprint density at radius 1 is 1.16 bits per heavy atom. The van der Waals surface area contributed by atoms with Gasteiger partial charge in [0, 0.05) is 21.8 Å². The first-order valence-electron chi connectivity index (χ1n) is 7.98. The molecule has 2 aromatic heterocycles. The number of hydrogen-bond donors (Lipinski definition) is 0. The van der Waals surface area contributed by atoms with Crippen LogP contribution in [0.1, 0.15) is 24.1 Å². The van der Waals surface area contributed by atoms with Gasteiger partial charge in [-0.25, -0.2) is 9.97 Å². The molecule has 3 aromatic rings. The molecule has 25 heavy (non-hydrogen) atoms. The third-order valence-corrected chi connectivity index (χ3v) is 4.46. The molecule has 7 nitrogen and oxygen atoms in total. The Labute approximate surface area is 148 Å². The average molecular weight is 356 g/mol. The zero-order valence-corrected chi connectivity index (χ0v) is 14.0. The van der Waals surface area contributed by atoms with E-state index in [-0.39, 0.29) is 5.82 Å². The summed E-state index contributed by atoms with van der Waals surface area (Å²) in [7, 11) is 0. The second kappa shape index (κ2) is 6.25. The van der Waals surface area contributed by atoms with Gasteiger partial charge in [0.05, 0.1) is 17.4 Å². The number of halogens is 1. The van der Waals surface area contributed by atoms with E-state index in [1.807, 2.05) is 12.1 Å². The molecule has 0 atom stereocenters. The molecule has 0 fully saturated rings. The molecule has 4 rings (SSSR count). The topological polar surface area (TPSA) is 86.7 Å². The Kier molecular flexibility index (Phi) is 3.93. The number of aryl methyl sites for hydroxylation is 1. The second-order valence-corrected chi connectivity index (χ2v) is 6.33. The van der Waals surface area contributed by atoms with Crippen molar-refractivity contribution < 1.29 is 4.92 Å². The number of rotatable bonds is 3. The molecule has 0 bridgehead atoms. The van der Waals surface area contributed by atoms with Crippen molar-refractivity contribution in [3.8, 4) is 17.2 Å². The van der Waals surface area contributed by atoms with Crippen LogP contribution in [-0.4, -0.2) is 24.7 Å². The van der Waals surface area contributed by atoms with Crippen molar-refractivity contribution in [1.29, 1.82) is 0 Å². The summed E-state index contributed by atoms with van der Waals surface area (Å²) in [6.07, 6.45) is 5.38. The molecule has 0 saturated carbocycles. The molecule has 0 radical (unpaired) electrons. The zero-order chi connectivity index (χ0) is 17.4. The van der Waals surface area contributed by atoms with Gasteiger partial charge in [-0.2, -0.15) is 0 Å². The maximum Gasteiger partial charge on any atom is 0.390 e. The number of benzene rings is 1. The minimum absolute atomic E-state index is 0.201. The normalized spacial score (nSPS) is 13.5. The Morgan fingerprint density at radius 2 is 2.00 bits per heavy atom. The molecule has 126 valence electrons. The van der Waals surface area contributed by atoms with Gasteiger partial charge in [-0.1, -0.05) is 23.7 Å². The summed E-state index contributed by atoms with van der Waals surface area (Å²) in [5.41, 5.74) is 2.79. The van der Waals surface area contributed by atoms with Gasteiger partial charge < -0.3 is 10.1 Å². The minimum Gasteiger partial charge on any atom is -0.358 e. The van der Waals surface area contributed by atoms with E-state index in [2.05, 4.69) is 10.1 Å². The molecule has 0 unspecified atom stereocenters. The maximum atomic E-state index is 10.9. The van der Waals surface area contributed by atoms with Crippen LogP contribution in [-0.2, 0) is 12.8 Å². The molecular weight excluding hydrogens is 342 g/mol. The van der Waals surface area contributed by atoms with Gasteiger partial charge in [0.25, 0.3) is 0 Å². The molecule has 0 spiro atoms. The van der Waals surface area contributed by atoms with Crippen molar-refractivity contribution in [3.63, 3.8) is 0 Å². The van der Waals surface area contributed by atoms with Crippen molar-refractivity contribution in [3.05, 3.63) is 62.9 Å². The highest BCUT2D eigenvalue weighted by atomic mass is 35.5. The molecule has 2 heterocycles. The van der Waals surface area contributed by atoms with E-state index in [0.29, 0.717) is 16.7 Å². The lowest BCUT2D eigenvalue weighted by Crippen LogP contribution is -2.14. The van der Waals surface area contributed by atoms with E-state index in [4.69, 9.17) is 16.6 Å². The van der Waals surface area contributed by atoms with E-state index in [0.717, 1.165) is 42.5 Å². The van der Waals surface area contributed by atoms with E-state index < -0.39 is 4.92 Å². The first-order chi connectivity index (χ1) is 12.1. The van der Waals surface area contributed by atoms with Crippen molar-refractivity contribution in [2.24, 2.45) is 0 Å². The highest BCUT2D eigenvalue weighted by Crippen LogP contribution is 2.28. The Balaban J connectivity index is 1.89. The predicted molar refractivity (Wildman–Crippen MR) is 92.9 cm³/mol. The van der Waals surface area contributed by atoms with E-state index in [1.54, 1.807) is 18.3 Å². The number of nitro groups is 1. The third kappa shape index (κ3) is 2.98. The molecule has 0 saturated heterocycles. The monoisotopic (exact) mass is 355 g/mol. The van der Waals surface area contributed by atoms with Gasteiger partial charge in [-0.05, 0) is 42.7 Å². The van der Waals surface area contributed by atoms with Crippen LogP contribution in [0.25, 0.3) is 17.2 Å². The quantitative estimate of drug-likeness (QED) is 0.527. The highest BCUT2D eigenvalue weighted by Gasteiger charge is 2.23. The summed E-state index contributed by atoms with van der Waals surface area (Å²) in [5.74, 6) is 0.955. The number of nitrogens with zero attached hydrogens (tertiary/aromatic N) is 5. The molecule has 0 aliphatic heterocycles. The standard InChI is InChI=1S/C17H14ClN5O2/c18-12-5-3-4-11(10-12)16-19-14-7-2-1-6-13(14)17(20-16)22-9-8-15(21-22)23(24)25/h3-5,8-10H,1-2,6-7H2. The highest BCUT2D eigenvalue weighted by molar-refractivity contribution is 6.30. The lowest BCUT2D eigenvalue weighted by molar-refractivity contribution is -0.389. The largest absolute Gasteiger partial charge is 0.390 e. The van der Waals surface area contributed by atoms with Crippen molar-refractivity contribution in [2.75, 3.05) is 0 Å². The molecule has 1 aliphatic rings. The fourth-order valence-corrected chi connectivity index (χ4v) is 3.24. The van der Waals surface area contributed by atoms with Gasteiger partial charge in [0.2, 0.25) is 0 Å². The van der Waals surface area contributed by atoms with Crippen LogP contribution in [0.3, 0.4) is 0 Å². The van der Waals surface area contributed by atoms with Crippen LogP contribution in [0.15, 0.2) is 36.5 Å². The minimum atomic E-state index is -0.512. The lowest BCUT2D eigenvalue weighted by Gasteiger charge is -2.18. The van der Waals surface area contributed by atoms with Gasteiger partial charge in [0.15, 0.2) is 11.6 Å². The molecular formula is C17H14ClN5O2. The number of hydrogen-bond acceptors (Lipinski definition) is 5. The zero-order valence-electron chi connectivity index (χ0n) is 13.2. The van der Waals surface area contributed by atoms with Crippen LogP contribution < -0.4 is 0 Å². The van der Waals surface area contributed by atoms with E-state index in [1.165, 1.54) is 10.7 Å². The van der Waals surface area contributed by atoms with Crippen LogP contribution >= 0.6 is 11.6 Å². The van der Waals surface area contributed by atoms with Crippen LogP contribution in [0, 0.1) is 10.1 Å². The van der Waals surface area contributed by atoms with E-state index in [9.17, 15) is 10.1 Å².